The topological polar surface area (TPSA) is 115 Å². The molecule has 0 fully saturated rings. The van der Waals surface area contributed by atoms with Gasteiger partial charge in [-0.15, -0.1) is 0 Å². The van der Waals surface area contributed by atoms with Crippen LogP contribution in [0.2, 0.25) is 0 Å². The van der Waals surface area contributed by atoms with E-state index in [4.69, 9.17) is 11.4 Å². The Morgan fingerprint density at radius 3 is 0.375 bits per heavy atom. The van der Waals surface area contributed by atoms with E-state index < -0.39 is 40.4 Å². The van der Waals surface area contributed by atoms with Gasteiger partial charge in [0, 0.05) is 0 Å². The molecular weight excluding hydrogens is 880 g/mol. The molecule has 9 aromatic rings. The first kappa shape index (κ1) is 47.1. The Hall–Kier alpha value is -6.34. The average Bonchev–Trinajstić information content (AvgIpc) is 3.38. The fraction of sp³-hybridized carbons (Fsp3) is 0. The van der Waals surface area contributed by atoms with E-state index in [-0.39, 0.29) is 0 Å². The molecule has 9 rings (SSSR count). The molecule has 64 heavy (non-hydrogen) atoms. The van der Waals surface area contributed by atoms with Crippen molar-refractivity contribution < 1.29 is 41.2 Å². The van der Waals surface area contributed by atoms with Crippen molar-refractivity contribution in [1.29, 1.82) is 0 Å². The van der Waals surface area contributed by atoms with Crippen molar-refractivity contribution >= 4 is 71.6 Å². The monoisotopic (exact) mass is 928 g/mol. The van der Waals surface area contributed by atoms with E-state index in [0.29, 0.717) is 0 Å². The van der Waals surface area contributed by atoms with E-state index in [0.717, 1.165) is 46.7 Å². The van der Waals surface area contributed by atoms with Crippen LogP contribution in [0.15, 0.2) is 273 Å². The predicted molar refractivity (Wildman–Crippen MR) is 262 cm³/mol. The van der Waals surface area contributed by atoms with Crippen molar-refractivity contribution in [2.75, 3.05) is 0 Å². The van der Waals surface area contributed by atoms with Gasteiger partial charge >= 0.3 is 26.8 Å². The molecule has 0 saturated carbocycles. The summed E-state index contributed by atoms with van der Waals surface area (Å²) >= 11 is -3.69. The van der Waals surface area contributed by atoms with Gasteiger partial charge in [-0.05, 0) is 46.7 Å². The van der Waals surface area contributed by atoms with Crippen LogP contribution in [-0.4, -0.2) is 43.4 Å². The van der Waals surface area contributed by atoms with Crippen LogP contribution in [0.4, 0.5) is 0 Å². The van der Waals surface area contributed by atoms with Gasteiger partial charge in [0.2, 0.25) is 0 Å². The second-order valence-corrected chi connectivity index (χ2v) is 24.9. The molecule has 0 aromatic heterocycles. The zero-order chi connectivity index (χ0) is 45.1. The summed E-state index contributed by atoms with van der Waals surface area (Å²) < 4.78 is 24.4. The summed E-state index contributed by atoms with van der Waals surface area (Å²) in [6.45, 7) is 0. The Morgan fingerprint density at radius 1 is 0.219 bits per heavy atom. The van der Waals surface area contributed by atoms with Crippen molar-refractivity contribution in [2.24, 2.45) is 0 Å². The minimum absolute atomic E-state index is 1.01. The van der Waals surface area contributed by atoms with E-state index in [1.165, 1.54) is 0 Å². The maximum atomic E-state index is 11.6. The Morgan fingerprint density at radius 2 is 0.297 bits per heavy atom. The molecule has 0 radical (unpaired) electrons. The van der Waals surface area contributed by atoms with Crippen LogP contribution in [0.25, 0.3) is 0 Å². The van der Waals surface area contributed by atoms with Gasteiger partial charge in [-0.3, -0.25) is 0 Å². The van der Waals surface area contributed by atoms with Crippen molar-refractivity contribution in [3.05, 3.63) is 273 Å². The van der Waals surface area contributed by atoms with E-state index in [1.54, 1.807) is 0 Å². The number of benzene rings is 9. The fourth-order valence-electron chi connectivity index (χ4n) is 7.61. The zero-order valence-corrected chi connectivity index (χ0v) is 39.4. The van der Waals surface area contributed by atoms with Gasteiger partial charge < -0.3 is 14.4 Å². The molecule has 0 aliphatic heterocycles. The Kier molecular flexibility index (Phi) is 17.2. The summed E-state index contributed by atoms with van der Waals surface area (Å²) in [5.74, 6) is 0. The third-order valence-corrected chi connectivity index (χ3v) is 21.2. The van der Waals surface area contributed by atoms with E-state index in [2.05, 4.69) is 0 Å². The Balaban J connectivity index is 0.000000153. The molecule has 0 unspecified atom stereocenters. The minimum atomic E-state index is -3.69. The van der Waals surface area contributed by atoms with Crippen LogP contribution in [0.3, 0.4) is 0 Å². The van der Waals surface area contributed by atoms with Crippen LogP contribution in [0, 0.1) is 0 Å². The molecule has 0 saturated heterocycles. The molecular formula is C54H49O6Si3V. The molecule has 0 heterocycles. The second-order valence-electron chi connectivity index (χ2n) is 14.7. The number of hydrogen-bond acceptors (Lipinski definition) is 5. The predicted octanol–water partition coefficient (Wildman–Crippen LogP) is 4.14. The summed E-state index contributed by atoms with van der Waals surface area (Å²) in [6, 6.07) is 89.9. The van der Waals surface area contributed by atoms with Gasteiger partial charge in [0.15, 0.2) is 0 Å². The van der Waals surface area contributed by atoms with Gasteiger partial charge in [0.1, 0.15) is 0 Å². The molecule has 318 valence electrons. The van der Waals surface area contributed by atoms with Crippen LogP contribution in [-0.2, 0) is 22.7 Å². The number of rotatable bonds is 9. The molecule has 4 N–H and O–H groups in total. The molecule has 9 aromatic carbocycles. The van der Waals surface area contributed by atoms with E-state index in [1.807, 2.05) is 273 Å². The van der Waals surface area contributed by atoms with Gasteiger partial charge in [0.25, 0.3) is 25.0 Å². The normalized spacial score (nSPS) is 10.9. The van der Waals surface area contributed by atoms with Crippen LogP contribution in [0.5, 0.6) is 0 Å². The summed E-state index contributed by atoms with van der Waals surface area (Å²) in [6.07, 6.45) is 0. The molecule has 0 atom stereocenters. The summed E-state index contributed by atoms with van der Waals surface area (Å²) in [7, 11) is -8.63. The van der Waals surface area contributed by atoms with E-state index >= 15 is 0 Å². The molecule has 0 amide bonds. The first-order valence-electron chi connectivity index (χ1n) is 20.7. The first-order chi connectivity index (χ1) is 31.2. The van der Waals surface area contributed by atoms with Crippen molar-refractivity contribution in [1.82, 2.24) is 0 Å². The molecule has 6 nitrogen and oxygen atoms in total. The third kappa shape index (κ3) is 11.6. The van der Waals surface area contributed by atoms with Crippen molar-refractivity contribution in [3.63, 3.8) is 0 Å². The van der Waals surface area contributed by atoms with Gasteiger partial charge in [0.05, 0.1) is 0 Å². The Bertz CT molecular complexity index is 2180. The van der Waals surface area contributed by atoms with Crippen LogP contribution < -0.4 is 46.7 Å². The molecule has 0 aliphatic carbocycles. The number of hydrogen-bond donors (Lipinski definition) is 4. The van der Waals surface area contributed by atoms with Gasteiger partial charge in [-0.1, -0.05) is 273 Å². The van der Waals surface area contributed by atoms with Gasteiger partial charge in [-0.25, -0.2) is 0 Å². The summed E-state index contributed by atoms with van der Waals surface area (Å²) in [5, 5.41) is 9.10. The SMILES string of the molecule is O[Si](c1ccccc1)(c1ccccc1)c1ccccc1.O[Si](c1ccccc1)(c1ccccc1)c1ccccc1.O[Si](c1ccccc1)(c1ccccc1)c1ccccc1.[O]=[V](=[O])[OH]. The first-order valence-corrected chi connectivity index (χ1v) is 28.3. The standard InChI is InChI=1S/3C18H16OSi.H2O.2O.V/c3*19-20(16-10-4-1-5-11-16,17-12-6-2-7-13-17)18-14-8-3-9-15-18;;;;/h3*1-15,19H;1H2;;;/q;;;;;;+1/p-1. The second kappa shape index (κ2) is 23.4. The average molecular weight is 929 g/mol. The molecule has 0 aliphatic rings. The van der Waals surface area contributed by atoms with Crippen LogP contribution >= 0.6 is 0 Å². The quantitative estimate of drug-likeness (QED) is 0.128. The van der Waals surface area contributed by atoms with Gasteiger partial charge in [-0.2, -0.15) is 0 Å². The maximum absolute atomic E-state index is 11.6. The van der Waals surface area contributed by atoms with Crippen LogP contribution in [0.1, 0.15) is 0 Å². The summed E-state index contributed by atoms with van der Waals surface area (Å²) in [4.78, 5) is 34.7. The zero-order valence-electron chi connectivity index (χ0n) is 35.0. The van der Waals surface area contributed by atoms with Crippen molar-refractivity contribution in [3.8, 4) is 0 Å². The molecule has 10 heteroatoms. The molecule has 0 spiro atoms. The molecule has 0 bridgehead atoms. The van der Waals surface area contributed by atoms with E-state index in [9.17, 15) is 14.4 Å². The third-order valence-electron chi connectivity index (χ3n) is 10.7. The Labute approximate surface area is 383 Å². The fourth-order valence-corrected chi connectivity index (χ4v) is 16.7. The summed E-state index contributed by atoms with van der Waals surface area (Å²) in [5.41, 5.74) is 0. The van der Waals surface area contributed by atoms with Crippen molar-refractivity contribution in [2.45, 2.75) is 0 Å².